The van der Waals surface area contributed by atoms with E-state index in [-0.39, 0.29) is 11.4 Å². The molecule has 0 unspecified atom stereocenters. The second-order valence-corrected chi connectivity index (χ2v) is 5.63. The summed E-state index contributed by atoms with van der Waals surface area (Å²) in [6.07, 6.45) is 2.45. The van der Waals surface area contributed by atoms with Crippen molar-refractivity contribution in [2.24, 2.45) is 0 Å². The zero-order chi connectivity index (χ0) is 14.3. The molecule has 106 valence electrons. The molecule has 2 heterocycles. The van der Waals surface area contributed by atoms with E-state index in [0.717, 1.165) is 36.3 Å². The maximum atomic E-state index is 11.4. The third kappa shape index (κ3) is 2.20. The maximum Gasteiger partial charge on any atom is 0.336 e. The Labute approximate surface area is 117 Å². The lowest BCUT2D eigenvalue weighted by atomic mass is 10.0. The average Bonchev–Trinajstić information content (AvgIpc) is 2.86. The van der Waals surface area contributed by atoms with Gasteiger partial charge < -0.3 is 9.52 Å². The molecule has 1 fully saturated rings. The van der Waals surface area contributed by atoms with Crippen LogP contribution in [0.3, 0.4) is 0 Å². The van der Waals surface area contributed by atoms with E-state index in [1.807, 2.05) is 19.9 Å². The average molecular weight is 273 g/mol. The number of phenolic OH excluding ortho intramolecular Hbond substituents is 1. The van der Waals surface area contributed by atoms with Gasteiger partial charge in [0.05, 0.1) is 5.39 Å². The van der Waals surface area contributed by atoms with Gasteiger partial charge in [-0.1, -0.05) is 0 Å². The Hall–Kier alpha value is -1.81. The molecule has 1 N–H and O–H groups in total. The highest BCUT2D eigenvalue weighted by atomic mass is 16.4. The zero-order valence-corrected chi connectivity index (χ0v) is 11.9. The number of likely N-dealkylation sites (tertiary alicyclic amines) is 1. The van der Waals surface area contributed by atoms with Gasteiger partial charge in [0.15, 0.2) is 0 Å². The van der Waals surface area contributed by atoms with Crippen LogP contribution < -0.4 is 5.63 Å². The van der Waals surface area contributed by atoms with Gasteiger partial charge in [0.2, 0.25) is 0 Å². The third-order valence-electron chi connectivity index (χ3n) is 4.11. The summed E-state index contributed by atoms with van der Waals surface area (Å²) in [5.74, 6) is 0.258. The molecule has 0 radical (unpaired) electrons. The van der Waals surface area contributed by atoms with Gasteiger partial charge in [-0.15, -0.1) is 0 Å². The van der Waals surface area contributed by atoms with Gasteiger partial charge in [-0.05, 0) is 57.0 Å². The van der Waals surface area contributed by atoms with Gasteiger partial charge >= 0.3 is 5.63 Å². The first-order valence-corrected chi connectivity index (χ1v) is 7.04. The van der Waals surface area contributed by atoms with E-state index in [0.29, 0.717) is 11.0 Å². The predicted octanol–water partition coefficient (Wildman–Crippen LogP) is 2.71. The van der Waals surface area contributed by atoms with Crippen LogP contribution in [0.15, 0.2) is 21.3 Å². The quantitative estimate of drug-likeness (QED) is 0.855. The van der Waals surface area contributed by atoms with Crippen LogP contribution in [0.25, 0.3) is 11.0 Å². The summed E-state index contributed by atoms with van der Waals surface area (Å²) in [6.45, 7) is 6.70. The fourth-order valence-electron chi connectivity index (χ4n) is 3.02. The molecular weight excluding hydrogens is 254 g/mol. The smallest absolute Gasteiger partial charge is 0.336 e. The first kappa shape index (κ1) is 13.2. The SMILES string of the molecule is Cc1cc2oc(=O)cc(C)c2c(O)c1CN1CCCC1. The van der Waals surface area contributed by atoms with Crippen LogP contribution in [0, 0.1) is 13.8 Å². The van der Waals surface area contributed by atoms with Crippen LogP contribution in [-0.2, 0) is 6.54 Å². The standard InChI is InChI=1S/C16H19NO3/c1-10-7-13-15(11(2)8-14(18)20-13)16(19)12(10)9-17-5-3-4-6-17/h7-8,19H,3-6,9H2,1-2H3. The lowest BCUT2D eigenvalue weighted by Gasteiger charge is -2.18. The van der Waals surface area contributed by atoms with Crippen LogP contribution in [0.1, 0.15) is 29.5 Å². The fourth-order valence-corrected chi connectivity index (χ4v) is 3.02. The molecule has 0 amide bonds. The van der Waals surface area contributed by atoms with E-state index in [2.05, 4.69) is 4.90 Å². The third-order valence-corrected chi connectivity index (χ3v) is 4.11. The molecule has 1 aliphatic heterocycles. The van der Waals surface area contributed by atoms with E-state index >= 15 is 0 Å². The Morgan fingerprint density at radius 3 is 2.60 bits per heavy atom. The van der Waals surface area contributed by atoms with E-state index in [9.17, 15) is 9.90 Å². The van der Waals surface area contributed by atoms with Crippen molar-refractivity contribution in [3.05, 3.63) is 39.2 Å². The summed E-state index contributed by atoms with van der Waals surface area (Å²) in [5, 5.41) is 11.2. The van der Waals surface area contributed by atoms with Crippen molar-refractivity contribution in [3.8, 4) is 5.75 Å². The molecular formula is C16H19NO3. The lowest BCUT2D eigenvalue weighted by molar-refractivity contribution is 0.324. The number of hydrogen-bond acceptors (Lipinski definition) is 4. The van der Waals surface area contributed by atoms with Crippen LogP contribution in [0.5, 0.6) is 5.75 Å². The number of nitrogens with zero attached hydrogens (tertiary/aromatic N) is 1. The minimum atomic E-state index is -0.374. The van der Waals surface area contributed by atoms with Crippen LogP contribution in [0.2, 0.25) is 0 Å². The number of rotatable bonds is 2. The summed E-state index contributed by atoms with van der Waals surface area (Å²) in [7, 11) is 0. The number of phenols is 1. The molecule has 0 saturated carbocycles. The molecule has 0 bridgehead atoms. The van der Waals surface area contributed by atoms with Gasteiger partial charge in [0, 0.05) is 18.2 Å². The summed E-state index contributed by atoms with van der Waals surface area (Å²) >= 11 is 0. The fraction of sp³-hybridized carbons (Fsp3) is 0.438. The van der Waals surface area contributed by atoms with Gasteiger partial charge in [-0.25, -0.2) is 4.79 Å². The summed E-state index contributed by atoms with van der Waals surface area (Å²) in [6, 6.07) is 3.28. The molecule has 3 rings (SSSR count). The maximum absolute atomic E-state index is 11.4. The first-order chi connectivity index (χ1) is 9.56. The molecule has 2 aromatic rings. The van der Waals surface area contributed by atoms with Crippen LogP contribution >= 0.6 is 0 Å². The molecule has 20 heavy (non-hydrogen) atoms. The summed E-state index contributed by atoms with van der Waals surface area (Å²) < 4.78 is 5.20. The molecule has 1 saturated heterocycles. The van der Waals surface area contributed by atoms with Gasteiger partial charge in [-0.3, -0.25) is 4.90 Å². The van der Waals surface area contributed by atoms with Crippen molar-refractivity contribution in [1.82, 2.24) is 4.90 Å². The minimum absolute atomic E-state index is 0.258. The molecule has 1 aromatic heterocycles. The van der Waals surface area contributed by atoms with Gasteiger partial charge in [0.25, 0.3) is 0 Å². The normalized spacial score (nSPS) is 16.1. The lowest BCUT2D eigenvalue weighted by Crippen LogP contribution is -2.19. The highest BCUT2D eigenvalue weighted by Crippen LogP contribution is 2.34. The van der Waals surface area contributed by atoms with E-state index in [1.54, 1.807) is 0 Å². The number of fused-ring (bicyclic) bond motifs is 1. The Morgan fingerprint density at radius 2 is 1.90 bits per heavy atom. The highest BCUT2D eigenvalue weighted by Gasteiger charge is 2.19. The van der Waals surface area contributed by atoms with Gasteiger partial charge in [0.1, 0.15) is 11.3 Å². The topological polar surface area (TPSA) is 53.7 Å². The van der Waals surface area contributed by atoms with E-state index in [4.69, 9.17) is 4.42 Å². The molecule has 0 aliphatic carbocycles. The molecule has 0 atom stereocenters. The largest absolute Gasteiger partial charge is 0.507 e. The van der Waals surface area contributed by atoms with Crippen molar-refractivity contribution in [3.63, 3.8) is 0 Å². The second kappa shape index (κ2) is 4.94. The summed E-state index contributed by atoms with van der Waals surface area (Å²) in [5.41, 5.74) is 2.76. The van der Waals surface area contributed by atoms with Gasteiger partial charge in [-0.2, -0.15) is 0 Å². The number of aromatic hydroxyl groups is 1. The predicted molar refractivity (Wildman–Crippen MR) is 78.1 cm³/mol. The van der Waals surface area contributed by atoms with Crippen LogP contribution in [0.4, 0.5) is 0 Å². The zero-order valence-electron chi connectivity index (χ0n) is 11.9. The minimum Gasteiger partial charge on any atom is -0.507 e. The highest BCUT2D eigenvalue weighted by molar-refractivity contribution is 5.88. The van der Waals surface area contributed by atoms with Crippen molar-refractivity contribution in [2.45, 2.75) is 33.2 Å². The first-order valence-electron chi connectivity index (χ1n) is 7.04. The summed E-state index contributed by atoms with van der Waals surface area (Å²) in [4.78, 5) is 13.8. The second-order valence-electron chi connectivity index (χ2n) is 5.63. The van der Waals surface area contributed by atoms with Crippen LogP contribution in [-0.4, -0.2) is 23.1 Å². The Balaban J connectivity index is 2.15. The molecule has 1 aromatic carbocycles. The number of benzene rings is 1. The van der Waals surface area contributed by atoms with Crippen molar-refractivity contribution < 1.29 is 9.52 Å². The molecule has 0 spiro atoms. The molecule has 4 nitrogen and oxygen atoms in total. The Morgan fingerprint density at radius 1 is 1.20 bits per heavy atom. The molecule has 4 heteroatoms. The van der Waals surface area contributed by atoms with Crippen molar-refractivity contribution in [1.29, 1.82) is 0 Å². The number of aryl methyl sites for hydroxylation is 2. The van der Waals surface area contributed by atoms with E-state index in [1.165, 1.54) is 18.9 Å². The monoisotopic (exact) mass is 273 g/mol. The molecule has 1 aliphatic rings. The Kier molecular flexibility index (Phi) is 3.26. The van der Waals surface area contributed by atoms with Crippen molar-refractivity contribution in [2.75, 3.05) is 13.1 Å². The van der Waals surface area contributed by atoms with E-state index < -0.39 is 0 Å². The Bertz CT molecular complexity index is 712. The van der Waals surface area contributed by atoms with Crippen molar-refractivity contribution >= 4 is 11.0 Å². The number of hydrogen-bond donors (Lipinski definition) is 1.